The highest BCUT2D eigenvalue weighted by molar-refractivity contribution is 5.64. The van der Waals surface area contributed by atoms with Crippen LogP contribution in [-0.2, 0) is 9.47 Å². The lowest BCUT2D eigenvalue weighted by Crippen LogP contribution is -2.39. The van der Waals surface area contributed by atoms with Gasteiger partial charge in [0.2, 0.25) is 5.95 Å². The van der Waals surface area contributed by atoms with Gasteiger partial charge in [0.05, 0.1) is 32.1 Å². The highest BCUT2D eigenvalue weighted by Crippen LogP contribution is 2.24. The maximum absolute atomic E-state index is 5.48. The number of benzene rings is 1. The molecule has 144 valence electrons. The van der Waals surface area contributed by atoms with E-state index in [1.54, 1.807) is 0 Å². The SMILES string of the molecule is c1ccc(-c2cc(N3CCOCC3)nc(NCCN3CCOCC3)n2)cc1. The van der Waals surface area contributed by atoms with Crippen molar-refractivity contribution in [3.8, 4) is 11.3 Å². The van der Waals surface area contributed by atoms with Crippen molar-refractivity contribution in [1.82, 2.24) is 14.9 Å². The van der Waals surface area contributed by atoms with Crippen molar-refractivity contribution < 1.29 is 9.47 Å². The smallest absolute Gasteiger partial charge is 0.225 e. The Bertz CT molecular complexity index is 716. The third-order valence-corrected chi connectivity index (χ3v) is 4.93. The van der Waals surface area contributed by atoms with Crippen LogP contribution < -0.4 is 10.2 Å². The normalized spacial score (nSPS) is 18.4. The maximum atomic E-state index is 5.48. The quantitative estimate of drug-likeness (QED) is 0.832. The topological polar surface area (TPSA) is 62.8 Å². The van der Waals surface area contributed by atoms with Crippen LogP contribution in [0.1, 0.15) is 0 Å². The number of morpholine rings is 2. The molecular formula is C20H27N5O2. The zero-order valence-electron chi connectivity index (χ0n) is 15.6. The fourth-order valence-corrected chi connectivity index (χ4v) is 3.38. The predicted octanol–water partition coefficient (Wildman–Crippen LogP) is 1.72. The number of hydrogen-bond donors (Lipinski definition) is 1. The largest absolute Gasteiger partial charge is 0.379 e. The number of ether oxygens (including phenoxy) is 2. The van der Waals surface area contributed by atoms with Gasteiger partial charge in [0, 0.05) is 50.9 Å². The molecule has 1 N–H and O–H groups in total. The van der Waals surface area contributed by atoms with Crippen LogP contribution in [0.3, 0.4) is 0 Å². The molecule has 0 amide bonds. The average molecular weight is 369 g/mol. The van der Waals surface area contributed by atoms with Crippen molar-refractivity contribution in [3.05, 3.63) is 36.4 Å². The summed E-state index contributed by atoms with van der Waals surface area (Å²) in [6.45, 7) is 8.61. The van der Waals surface area contributed by atoms with E-state index in [4.69, 9.17) is 19.4 Å². The minimum absolute atomic E-state index is 0.686. The number of anilines is 2. The van der Waals surface area contributed by atoms with Gasteiger partial charge in [0.1, 0.15) is 5.82 Å². The molecule has 0 atom stereocenters. The molecule has 0 bridgehead atoms. The van der Waals surface area contributed by atoms with Crippen LogP contribution in [-0.4, -0.2) is 80.6 Å². The van der Waals surface area contributed by atoms with E-state index in [-0.39, 0.29) is 0 Å². The Morgan fingerprint density at radius 1 is 0.889 bits per heavy atom. The first-order chi connectivity index (χ1) is 13.4. The molecule has 2 aromatic rings. The van der Waals surface area contributed by atoms with E-state index < -0.39 is 0 Å². The first-order valence-electron chi connectivity index (χ1n) is 9.70. The van der Waals surface area contributed by atoms with Gasteiger partial charge < -0.3 is 19.7 Å². The Balaban J connectivity index is 1.50. The van der Waals surface area contributed by atoms with Gasteiger partial charge in [-0.25, -0.2) is 4.98 Å². The Kier molecular flexibility index (Phi) is 6.13. The molecule has 2 saturated heterocycles. The molecule has 27 heavy (non-hydrogen) atoms. The summed E-state index contributed by atoms with van der Waals surface area (Å²) in [7, 11) is 0. The van der Waals surface area contributed by atoms with Crippen molar-refractivity contribution in [2.75, 3.05) is 75.9 Å². The van der Waals surface area contributed by atoms with Crippen LogP contribution in [0.5, 0.6) is 0 Å². The molecule has 2 aliphatic heterocycles. The van der Waals surface area contributed by atoms with Crippen molar-refractivity contribution in [2.45, 2.75) is 0 Å². The van der Waals surface area contributed by atoms with Gasteiger partial charge in [0.15, 0.2) is 0 Å². The molecule has 1 aromatic carbocycles. The number of hydrogen-bond acceptors (Lipinski definition) is 7. The molecule has 2 fully saturated rings. The fourth-order valence-electron chi connectivity index (χ4n) is 3.38. The van der Waals surface area contributed by atoms with Gasteiger partial charge in [-0.15, -0.1) is 0 Å². The molecule has 0 spiro atoms. The van der Waals surface area contributed by atoms with Crippen LogP contribution in [0.25, 0.3) is 11.3 Å². The first kappa shape index (κ1) is 18.2. The molecule has 2 aliphatic rings. The Labute approximate surface area is 160 Å². The lowest BCUT2D eigenvalue weighted by atomic mass is 10.1. The van der Waals surface area contributed by atoms with Gasteiger partial charge in [-0.05, 0) is 0 Å². The van der Waals surface area contributed by atoms with Crippen LogP contribution in [0.2, 0.25) is 0 Å². The Morgan fingerprint density at radius 3 is 2.33 bits per heavy atom. The summed E-state index contributed by atoms with van der Waals surface area (Å²) in [6, 6.07) is 12.4. The van der Waals surface area contributed by atoms with E-state index in [0.717, 1.165) is 82.8 Å². The Hall–Kier alpha value is -2.22. The number of nitrogens with zero attached hydrogens (tertiary/aromatic N) is 4. The number of nitrogens with one attached hydrogen (secondary N) is 1. The van der Waals surface area contributed by atoms with Gasteiger partial charge >= 0.3 is 0 Å². The molecule has 4 rings (SSSR count). The summed E-state index contributed by atoms with van der Waals surface area (Å²) in [6.07, 6.45) is 0. The minimum Gasteiger partial charge on any atom is -0.379 e. The van der Waals surface area contributed by atoms with Gasteiger partial charge in [-0.1, -0.05) is 30.3 Å². The van der Waals surface area contributed by atoms with Crippen LogP contribution in [0.15, 0.2) is 36.4 Å². The van der Waals surface area contributed by atoms with E-state index in [1.165, 1.54) is 0 Å². The summed E-state index contributed by atoms with van der Waals surface area (Å²) in [4.78, 5) is 14.2. The highest BCUT2D eigenvalue weighted by Gasteiger charge is 2.16. The summed E-state index contributed by atoms with van der Waals surface area (Å²) < 4.78 is 10.9. The van der Waals surface area contributed by atoms with Crippen molar-refractivity contribution in [2.24, 2.45) is 0 Å². The van der Waals surface area contributed by atoms with E-state index in [9.17, 15) is 0 Å². The monoisotopic (exact) mass is 369 g/mol. The molecule has 0 aliphatic carbocycles. The van der Waals surface area contributed by atoms with Crippen molar-refractivity contribution in [1.29, 1.82) is 0 Å². The van der Waals surface area contributed by atoms with Gasteiger partial charge in [-0.3, -0.25) is 4.90 Å². The first-order valence-corrected chi connectivity index (χ1v) is 9.70. The second kappa shape index (κ2) is 9.12. The molecule has 3 heterocycles. The molecule has 0 unspecified atom stereocenters. The zero-order valence-corrected chi connectivity index (χ0v) is 15.6. The van der Waals surface area contributed by atoms with E-state index in [2.05, 4.69) is 33.3 Å². The van der Waals surface area contributed by atoms with E-state index >= 15 is 0 Å². The second-order valence-corrected chi connectivity index (χ2v) is 6.78. The fraction of sp³-hybridized carbons (Fsp3) is 0.500. The summed E-state index contributed by atoms with van der Waals surface area (Å²) in [5, 5.41) is 3.42. The summed E-state index contributed by atoms with van der Waals surface area (Å²) in [5.41, 5.74) is 2.05. The third-order valence-electron chi connectivity index (χ3n) is 4.93. The summed E-state index contributed by atoms with van der Waals surface area (Å²) >= 11 is 0. The lowest BCUT2D eigenvalue weighted by Gasteiger charge is -2.28. The minimum atomic E-state index is 0.686. The standard InChI is InChI=1S/C20H27N5O2/c1-2-4-17(5-3-1)18-16-19(25-10-14-27-15-11-25)23-20(22-18)21-6-7-24-8-12-26-13-9-24/h1-5,16H,6-15H2,(H,21,22,23). The van der Waals surface area contributed by atoms with Crippen molar-refractivity contribution in [3.63, 3.8) is 0 Å². The molecule has 1 aromatic heterocycles. The van der Waals surface area contributed by atoms with Crippen molar-refractivity contribution >= 4 is 11.8 Å². The zero-order chi connectivity index (χ0) is 18.3. The maximum Gasteiger partial charge on any atom is 0.225 e. The van der Waals surface area contributed by atoms with Gasteiger partial charge in [0.25, 0.3) is 0 Å². The van der Waals surface area contributed by atoms with Crippen LogP contribution in [0.4, 0.5) is 11.8 Å². The molecule has 0 radical (unpaired) electrons. The number of aromatic nitrogens is 2. The average Bonchev–Trinajstić information content (AvgIpc) is 2.76. The molecule has 0 saturated carbocycles. The highest BCUT2D eigenvalue weighted by atomic mass is 16.5. The lowest BCUT2D eigenvalue weighted by molar-refractivity contribution is 0.0398. The van der Waals surface area contributed by atoms with Gasteiger partial charge in [-0.2, -0.15) is 4.98 Å². The molecule has 7 nitrogen and oxygen atoms in total. The Morgan fingerprint density at radius 2 is 1.59 bits per heavy atom. The summed E-state index contributed by atoms with van der Waals surface area (Å²) in [5.74, 6) is 1.65. The van der Waals surface area contributed by atoms with E-state index in [1.807, 2.05) is 18.2 Å². The second-order valence-electron chi connectivity index (χ2n) is 6.78. The van der Waals surface area contributed by atoms with Crippen LogP contribution in [0, 0.1) is 0 Å². The number of rotatable bonds is 6. The molecule has 7 heteroatoms. The predicted molar refractivity (Wildman–Crippen MR) is 106 cm³/mol. The van der Waals surface area contributed by atoms with E-state index in [0.29, 0.717) is 5.95 Å². The van der Waals surface area contributed by atoms with Crippen LogP contribution >= 0.6 is 0 Å². The third kappa shape index (κ3) is 4.94. The molecular weight excluding hydrogens is 342 g/mol.